The van der Waals surface area contributed by atoms with Gasteiger partial charge >= 0.3 is 0 Å². The fourth-order valence-electron chi connectivity index (χ4n) is 1.19. The Hall–Kier alpha value is -0.440. The Balaban J connectivity index is 3.19. The minimum absolute atomic E-state index is 0.0811. The summed E-state index contributed by atoms with van der Waals surface area (Å²) in [7, 11) is 0. The Morgan fingerprint density at radius 2 is 1.92 bits per heavy atom. The molecule has 0 bridgehead atoms. The summed E-state index contributed by atoms with van der Waals surface area (Å²) in [6.45, 7) is 8.39. The maximum Gasteiger partial charge on any atom is 0.124 e. The zero-order valence-corrected chi connectivity index (χ0v) is 9.44. The first-order valence-corrected chi connectivity index (χ1v) is 4.70. The van der Waals surface area contributed by atoms with Gasteiger partial charge in [-0.3, -0.25) is 4.98 Å². The predicted octanol–water partition coefficient (Wildman–Crippen LogP) is 2.85. The van der Waals surface area contributed by atoms with Crippen molar-refractivity contribution in [1.82, 2.24) is 9.97 Å². The lowest BCUT2D eigenvalue weighted by Gasteiger charge is -2.18. The Morgan fingerprint density at radius 1 is 1.33 bits per heavy atom. The highest BCUT2D eigenvalue weighted by atomic mass is 79.9. The number of hydrogen-bond donors (Lipinski definition) is 0. The van der Waals surface area contributed by atoms with E-state index < -0.39 is 0 Å². The van der Waals surface area contributed by atoms with E-state index in [0.717, 1.165) is 16.0 Å². The smallest absolute Gasteiger partial charge is 0.124 e. The molecule has 1 rings (SSSR count). The van der Waals surface area contributed by atoms with Gasteiger partial charge in [0.1, 0.15) is 4.60 Å². The molecule has 1 heterocycles. The van der Waals surface area contributed by atoms with Gasteiger partial charge in [-0.1, -0.05) is 20.8 Å². The van der Waals surface area contributed by atoms with Crippen LogP contribution in [0.25, 0.3) is 0 Å². The summed E-state index contributed by atoms with van der Waals surface area (Å²) in [4.78, 5) is 8.63. The Bertz CT molecular complexity index is 289. The van der Waals surface area contributed by atoms with E-state index in [4.69, 9.17) is 0 Å². The topological polar surface area (TPSA) is 25.8 Å². The van der Waals surface area contributed by atoms with E-state index in [2.05, 4.69) is 46.7 Å². The van der Waals surface area contributed by atoms with Crippen LogP contribution in [-0.2, 0) is 5.41 Å². The van der Waals surface area contributed by atoms with Crippen molar-refractivity contribution in [2.75, 3.05) is 0 Å². The molecule has 0 atom stereocenters. The molecule has 0 saturated heterocycles. The summed E-state index contributed by atoms with van der Waals surface area (Å²) >= 11 is 3.29. The van der Waals surface area contributed by atoms with Gasteiger partial charge in [0.25, 0.3) is 0 Å². The van der Waals surface area contributed by atoms with E-state index in [1.54, 1.807) is 6.20 Å². The molecule has 0 unspecified atom stereocenters. The number of rotatable bonds is 0. The minimum Gasteiger partial charge on any atom is -0.256 e. The lowest BCUT2D eigenvalue weighted by Crippen LogP contribution is -2.16. The van der Waals surface area contributed by atoms with Gasteiger partial charge in [-0.05, 0) is 22.9 Å². The molecule has 3 heteroatoms. The molecule has 0 spiro atoms. The third-order valence-electron chi connectivity index (χ3n) is 1.63. The van der Waals surface area contributed by atoms with Crippen LogP contribution in [0.3, 0.4) is 0 Å². The molecule has 0 aliphatic heterocycles. The van der Waals surface area contributed by atoms with E-state index in [9.17, 15) is 0 Å². The first-order valence-electron chi connectivity index (χ1n) is 3.91. The third kappa shape index (κ3) is 2.03. The van der Waals surface area contributed by atoms with Crippen LogP contribution in [0.1, 0.15) is 32.2 Å². The normalized spacial score (nSPS) is 11.8. The first kappa shape index (κ1) is 9.65. The molecule has 0 fully saturated rings. The molecule has 0 N–H and O–H groups in total. The minimum atomic E-state index is 0.0811. The maximum atomic E-state index is 4.34. The van der Waals surface area contributed by atoms with Crippen molar-refractivity contribution in [3.63, 3.8) is 0 Å². The van der Waals surface area contributed by atoms with Crippen LogP contribution in [0.5, 0.6) is 0 Å². The van der Waals surface area contributed by atoms with Crippen molar-refractivity contribution in [3.05, 3.63) is 22.2 Å². The van der Waals surface area contributed by atoms with E-state index in [1.165, 1.54) is 0 Å². The van der Waals surface area contributed by atoms with Crippen molar-refractivity contribution in [2.24, 2.45) is 0 Å². The Labute approximate surface area is 81.6 Å². The molecule has 0 aliphatic rings. The van der Waals surface area contributed by atoms with Crippen molar-refractivity contribution in [2.45, 2.75) is 33.1 Å². The second kappa shape index (κ2) is 3.13. The average molecular weight is 229 g/mol. The molecule has 12 heavy (non-hydrogen) atoms. The monoisotopic (exact) mass is 228 g/mol. The van der Waals surface area contributed by atoms with Crippen molar-refractivity contribution in [3.8, 4) is 0 Å². The summed E-state index contributed by atoms with van der Waals surface area (Å²) in [6.07, 6.45) is 1.74. The average Bonchev–Trinajstić information content (AvgIpc) is 1.83. The molecular formula is C9H13BrN2. The molecule has 0 radical (unpaired) electrons. The SMILES string of the molecule is Cc1nc(Br)cnc1C(C)(C)C. The van der Waals surface area contributed by atoms with Crippen LogP contribution >= 0.6 is 15.9 Å². The van der Waals surface area contributed by atoms with E-state index in [0.29, 0.717) is 0 Å². The largest absolute Gasteiger partial charge is 0.256 e. The second-order valence-corrected chi connectivity index (χ2v) is 4.69. The predicted molar refractivity (Wildman–Crippen MR) is 53.2 cm³/mol. The van der Waals surface area contributed by atoms with Crippen LogP contribution in [0, 0.1) is 6.92 Å². The fraction of sp³-hybridized carbons (Fsp3) is 0.556. The number of halogens is 1. The highest BCUT2D eigenvalue weighted by molar-refractivity contribution is 9.10. The zero-order valence-electron chi connectivity index (χ0n) is 7.85. The van der Waals surface area contributed by atoms with Crippen molar-refractivity contribution in [1.29, 1.82) is 0 Å². The highest BCUT2D eigenvalue weighted by Crippen LogP contribution is 2.22. The summed E-state index contributed by atoms with van der Waals surface area (Å²) < 4.78 is 0.799. The molecule has 1 aromatic heterocycles. The second-order valence-electron chi connectivity index (χ2n) is 3.88. The number of aryl methyl sites for hydroxylation is 1. The van der Waals surface area contributed by atoms with Gasteiger partial charge in [0.15, 0.2) is 0 Å². The third-order valence-corrected chi connectivity index (χ3v) is 2.01. The lowest BCUT2D eigenvalue weighted by molar-refractivity contribution is 0.559. The quantitative estimate of drug-likeness (QED) is 0.683. The van der Waals surface area contributed by atoms with E-state index in [-0.39, 0.29) is 5.41 Å². The highest BCUT2D eigenvalue weighted by Gasteiger charge is 2.18. The zero-order chi connectivity index (χ0) is 9.35. The maximum absolute atomic E-state index is 4.34. The summed E-state index contributed by atoms with van der Waals surface area (Å²) in [5.41, 5.74) is 2.14. The van der Waals surface area contributed by atoms with Gasteiger partial charge in [-0.15, -0.1) is 0 Å². The Morgan fingerprint density at radius 3 is 2.33 bits per heavy atom. The molecule has 2 nitrogen and oxygen atoms in total. The van der Waals surface area contributed by atoms with Crippen molar-refractivity contribution < 1.29 is 0 Å². The summed E-state index contributed by atoms with van der Waals surface area (Å²) in [6, 6.07) is 0. The number of aromatic nitrogens is 2. The standard InChI is InChI=1S/C9H13BrN2/c1-6-8(9(2,3)4)11-5-7(10)12-6/h5H,1-4H3. The van der Waals surface area contributed by atoms with E-state index >= 15 is 0 Å². The van der Waals surface area contributed by atoms with Crippen LogP contribution in [-0.4, -0.2) is 9.97 Å². The molecule has 0 aliphatic carbocycles. The Kier molecular flexibility index (Phi) is 2.52. The van der Waals surface area contributed by atoms with Gasteiger partial charge in [-0.2, -0.15) is 0 Å². The van der Waals surface area contributed by atoms with Gasteiger partial charge < -0.3 is 0 Å². The van der Waals surface area contributed by atoms with E-state index in [1.807, 2.05) is 6.92 Å². The van der Waals surface area contributed by atoms with Gasteiger partial charge in [0, 0.05) is 5.41 Å². The van der Waals surface area contributed by atoms with Gasteiger partial charge in [-0.25, -0.2) is 4.98 Å². The van der Waals surface area contributed by atoms with Gasteiger partial charge in [0.2, 0.25) is 0 Å². The molecule has 0 aromatic carbocycles. The first-order chi connectivity index (χ1) is 5.41. The molecule has 66 valence electrons. The summed E-state index contributed by atoms with van der Waals surface area (Å²) in [5, 5.41) is 0. The van der Waals surface area contributed by atoms with Crippen LogP contribution in [0.15, 0.2) is 10.8 Å². The summed E-state index contributed by atoms with van der Waals surface area (Å²) in [5.74, 6) is 0. The molecule has 0 saturated carbocycles. The fourth-order valence-corrected chi connectivity index (χ4v) is 1.56. The number of hydrogen-bond acceptors (Lipinski definition) is 2. The van der Waals surface area contributed by atoms with Crippen molar-refractivity contribution >= 4 is 15.9 Å². The van der Waals surface area contributed by atoms with Crippen LogP contribution in [0.4, 0.5) is 0 Å². The molecule has 1 aromatic rings. The van der Waals surface area contributed by atoms with Gasteiger partial charge in [0.05, 0.1) is 17.6 Å². The lowest BCUT2D eigenvalue weighted by atomic mass is 9.91. The van der Waals surface area contributed by atoms with Crippen LogP contribution < -0.4 is 0 Å². The molecule has 0 amide bonds. The molecular weight excluding hydrogens is 216 g/mol. The number of nitrogens with zero attached hydrogens (tertiary/aromatic N) is 2. The van der Waals surface area contributed by atoms with Crippen LogP contribution in [0.2, 0.25) is 0 Å².